The summed E-state index contributed by atoms with van der Waals surface area (Å²) in [6.45, 7) is 3.25. The number of ether oxygens (including phenoxy) is 1. The summed E-state index contributed by atoms with van der Waals surface area (Å²) >= 11 is 4.28. The Hall–Kier alpha value is 0.0800. The molecule has 0 unspecified atom stereocenters. The summed E-state index contributed by atoms with van der Waals surface area (Å²) in [6, 6.07) is 1.93. The van der Waals surface area contributed by atoms with Gasteiger partial charge in [-0.3, -0.25) is 4.79 Å². The molecule has 0 fully saturated rings. The zero-order valence-electron chi connectivity index (χ0n) is 7.10. The van der Waals surface area contributed by atoms with Gasteiger partial charge in [0.25, 0.3) is 0 Å². The van der Waals surface area contributed by atoms with Crippen molar-refractivity contribution < 1.29 is 9.53 Å². The van der Waals surface area contributed by atoms with Crippen LogP contribution in [0.2, 0.25) is 0 Å². The van der Waals surface area contributed by atoms with Crippen molar-refractivity contribution in [2.45, 2.75) is 13.8 Å². The summed E-state index contributed by atoms with van der Waals surface area (Å²) in [4.78, 5) is 14.8. The highest BCUT2D eigenvalue weighted by molar-refractivity contribution is 14.1. The van der Waals surface area contributed by atoms with Crippen molar-refractivity contribution in [3.63, 3.8) is 0 Å². The number of hydrogen-bond donors (Lipinski definition) is 0. The minimum absolute atomic E-state index is 0.342. The number of esters is 1. The number of nitrogens with zero attached hydrogens (tertiary/aromatic N) is 1. The van der Waals surface area contributed by atoms with Gasteiger partial charge in [-0.05, 0) is 58.2 Å². The first-order valence-corrected chi connectivity index (χ1v) is 5.67. The summed E-state index contributed by atoms with van der Waals surface area (Å²) in [7, 11) is 0. The Labute approximate surface area is 104 Å². The number of aromatic nitrogens is 1. The second kappa shape index (κ2) is 4.54. The maximum absolute atomic E-state index is 10.7. The number of rotatable bonds is 1. The summed E-state index contributed by atoms with van der Waals surface area (Å²) in [5.74, 6) is 0.0528. The molecular formula is C8H7I2NO2. The molecule has 0 radical (unpaired) electrons. The first-order valence-electron chi connectivity index (χ1n) is 3.51. The summed E-state index contributed by atoms with van der Waals surface area (Å²) < 4.78 is 6.84. The van der Waals surface area contributed by atoms with Crippen LogP contribution in [0.3, 0.4) is 0 Å². The molecular weight excluding hydrogens is 396 g/mol. The summed E-state index contributed by atoms with van der Waals surface area (Å²) in [5, 5.41) is 0. The van der Waals surface area contributed by atoms with Gasteiger partial charge in [0, 0.05) is 10.5 Å². The second-order valence-electron chi connectivity index (χ2n) is 2.44. The smallest absolute Gasteiger partial charge is 0.309 e. The van der Waals surface area contributed by atoms with Gasteiger partial charge in [-0.1, -0.05) is 0 Å². The van der Waals surface area contributed by atoms with Crippen LogP contribution in [-0.2, 0) is 4.79 Å². The van der Waals surface area contributed by atoms with Crippen molar-refractivity contribution in [1.82, 2.24) is 4.98 Å². The van der Waals surface area contributed by atoms with E-state index in [2.05, 4.69) is 50.2 Å². The number of hydrogen-bond acceptors (Lipinski definition) is 3. The number of halogens is 2. The van der Waals surface area contributed by atoms with Crippen molar-refractivity contribution in [3.05, 3.63) is 18.9 Å². The van der Waals surface area contributed by atoms with Gasteiger partial charge >= 0.3 is 5.97 Å². The highest BCUT2D eigenvalue weighted by Gasteiger charge is 2.08. The van der Waals surface area contributed by atoms with Crippen molar-refractivity contribution in [1.29, 1.82) is 0 Å². The molecule has 5 heteroatoms. The zero-order chi connectivity index (χ0) is 10.0. The number of pyridine rings is 1. The lowest BCUT2D eigenvalue weighted by Crippen LogP contribution is -2.06. The molecule has 1 heterocycles. The molecule has 0 N–H and O–H groups in total. The quantitative estimate of drug-likeness (QED) is 0.535. The van der Waals surface area contributed by atoms with E-state index in [-0.39, 0.29) is 5.97 Å². The van der Waals surface area contributed by atoms with Gasteiger partial charge in [0.2, 0.25) is 5.88 Å². The van der Waals surface area contributed by atoms with Crippen LogP contribution in [0.4, 0.5) is 0 Å². The fraction of sp³-hybridized carbons (Fsp3) is 0.250. The molecule has 0 aromatic carbocycles. The lowest BCUT2D eigenvalue weighted by molar-refractivity contribution is -0.132. The first-order chi connectivity index (χ1) is 6.00. The maximum Gasteiger partial charge on any atom is 0.309 e. The molecule has 0 saturated carbocycles. The minimum atomic E-state index is -0.342. The molecule has 0 spiro atoms. The molecule has 0 aliphatic rings. The van der Waals surface area contributed by atoms with E-state index in [0.29, 0.717) is 5.88 Å². The zero-order valence-corrected chi connectivity index (χ0v) is 11.4. The first kappa shape index (κ1) is 11.2. The largest absolute Gasteiger partial charge is 0.406 e. The standard InChI is InChI=1S/C8H7I2NO2/c1-4-6(9)3-7(10)8(11-4)13-5(2)12/h3H,1-2H3. The Morgan fingerprint density at radius 1 is 1.46 bits per heavy atom. The average Bonchev–Trinajstić information content (AvgIpc) is 1.99. The van der Waals surface area contributed by atoms with Gasteiger partial charge in [0.15, 0.2) is 0 Å². The fourth-order valence-electron chi connectivity index (χ4n) is 0.744. The van der Waals surface area contributed by atoms with Gasteiger partial charge in [-0.2, -0.15) is 0 Å². The topological polar surface area (TPSA) is 39.2 Å². The Balaban J connectivity index is 3.08. The molecule has 0 aliphatic carbocycles. The molecule has 13 heavy (non-hydrogen) atoms. The SMILES string of the molecule is CC(=O)Oc1nc(C)c(I)cc1I. The van der Waals surface area contributed by atoms with E-state index in [1.807, 2.05) is 13.0 Å². The van der Waals surface area contributed by atoms with Crippen LogP contribution in [0, 0.1) is 14.1 Å². The number of aryl methyl sites for hydroxylation is 1. The van der Waals surface area contributed by atoms with Crippen LogP contribution in [0.15, 0.2) is 6.07 Å². The van der Waals surface area contributed by atoms with E-state index in [1.165, 1.54) is 6.92 Å². The van der Waals surface area contributed by atoms with E-state index in [0.717, 1.165) is 12.8 Å². The van der Waals surface area contributed by atoms with E-state index >= 15 is 0 Å². The molecule has 1 aromatic rings. The predicted molar refractivity (Wildman–Crippen MR) is 65.7 cm³/mol. The highest BCUT2D eigenvalue weighted by atomic mass is 127. The molecule has 0 saturated heterocycles. The van der Waals surface area contributed by atoms with Gasteiger partial charge < -0.3 is 4.74 Å². The number of carbonyl (C=O) groups excluding carboxylic acids is 1. The molecule has 0 aliphatic heterocycles. The second-order valence-corrected chi connectivity index (χ2v) is 4.76. The molecule has 1 rings (SSSR count). The van der Waals surface area contributed by atoms with Crippen LogP contribution in [0.25, 0.3) is 0 Å². The third kappa shape index (κ3) is 3.04. The maximum atomic E-state index is 10.7. The van der Waals surface area contributed by atoms with Crippen LogP contribution in [0.1, 0.15) is 12.6 Å². The van der Waals surface area contributed by atoms with Crippen molar-refractivity contribution in [3.8, 4) is 5.88 Å². The van der Waals surface area contributed by atoms with Crippen LogP contribution in [0.5, 0.6) is 5.88 Å². The molecule has 0 amide bonds. The van der Waals surface area contributed by atoms with Crippen LogP contribution < -0.4 is 4.74 Å². The molecule has 70 valence electrons. The third-order valence-corrected chi connectivity index (χ3v) is 3.18. The Kier molecular flexibility index (Phi) is 3.89. The van der Waals surface area contributed by atoms with Crippen molar-refractivity contribution in [2.75, 3.05) is 0 Å². The molecule has 0 bridgehead atoms. The van der Waals surface area contributed by atoms with Gasteiger partial charge in [0.1, 0.15) is 0 Å². The lowest BCUT2D eigenvalue weighted by Gasteiger charge is -2.05. The van der Waals surface area contributed by atoms with Crippen LogP contribution >= 0.6 is 45.2 Å². The Morgan fingerprint density at radius 2 is 2.08 bits per heavy atom. The van der Waals surface area contributed by atoms with Crippen molar-refractivity contribution in [2.24, 2.45) is 0 Å². The minimum Gasteiger partial charge on any atom is -0.406 e. The van der Waals surface area contributed by atoms with E-state index in [1.54, 1.807) is 0 Å². The summed E-state index contributed by atoms with van der Waals surface area (Å²) in [5.41, 5.74) is 0.872. The van der Waals surface area contributed by atoms with Gasteiger partial charge in [-0.15, -0.1) is 0 Å². The third-order valence-electron chi connectivity index (χ3n) is 1.31. The molecule has 3 nitrogen and oxygen atoms in total. The molecule has 0 atom stereocenters. The van der Waals surface area contributed by atoms with Crippen LogP contribution in [-0.4, -0.2) is 11.0 Å². The van der Waals surface area contributed by atoms with E-state index in [9.17, 15) is 4.79 Å². The Bertz CT molecular complexity index is 352. The summed E-state index contributed by atoms with van der Waals surface area (Å²) in [6.07, 6.45) is 0. The fourth-order valence-corrected chi connectivity index (χ4v) is 2.31. The molecule has 1 aromatic heterocycles. The average molecular weight is 403 g/mol. The van der Waals surface area contributed by atoms with Gasteiger partial charge in [-0.25, -0.2) is 4.98 Å². The predicted octanol–water partition coefficient (Wildman–Crippen LogP) is 2.52. The normalized spacial score (nSPS) is 9.85. The van der Waals surface area contributed by atoms with Gasteiger partial charge in [0.05, 0.1) is 9.26 Å². The van der Waals surface area contributed by atoms with E-state index in [4.69, 9.17) is 4.74 Å². The monoisotopic (exact) mass is 403 g/mol. The lowest BCUT2D eigenvalue weighted by atomic mass is 10.4. The highest BCUT2D eigenvalue weighted by Crippen LogP contribution is 2.22. The Morgan fingerprint density at radius 3 is 2.62 bits per heavy atom. The van der Waals surface area contributed by atoms with Crippen molar-refractivity contribution >= 4 is 51.2 Å². The van der Waals surface area contributed by atoms with E-state index < -0.39 is 0 Å². The number of carbonyl (C=O) groups is 1.